The third kappa shape index (κ3) is 11.2. The Morgan fingerprint density at radius 2 is 2.04 bits per heavy atom. The Morgan fingerprint density at radius 1 is 1.28 bits per heavy atom. The molecule has 7 heteroatoms. The molecule has 1 fully saturated rings. The molecule has 150 valence electrons. The first-order chi connectivity index (χ1) is 11.7. The van der Waals surface area contributed by atoms with Crippen LogP contribution in [0.2, 0.25) is 0 Å². The fourth-order valence-electron chi connectivity index (χ4n) is 2.87. The van der Waals surface area contributed by atoms with Crippen molar-refractivity contribution in [2.24, 2.45) is 10.9 Å². The van der Waals surface area contributed by atoms with Crippen molar-refractivity contribution in [1.82, 2.24) is 15.5 Å². The van der Waals surface area contributed by atoms with Crippen molar-refractivity contribution < 1.29 is 9.47 Å². The number of guanidine groups is 1. The standard InChI is InChI=1S/C18H38N4O2.HI/c1-5-19-18(21-13-16(4)22(6-2)7-3)20-10-8-11-23-14-17-9-12-24-15-17;/h16-17H,5-15H2,1-4H3,(H2,19,20,21);1H. The number of hydrogen-bond acceptors (Lipinski definition) is 4. The van der Waals surface area contributed by atoms with Gasteiger partial charge >= 0.3 is 0 Å². The van der Waals surface area contributed by atoms with Crippen LogP contribution in [0.4, 0.5) is 0 Å². The average Bonchev–Trinajstić information content (AvgIpc) is 3.10. The molecule has 1 aliphatic heterocycles. The quantitative estimate of drug-likeness (QED) is 0.199. The second-order valence-corrected chi connectivity index (χ2v) is 6.37. The topological polar surface area (TPSA) is 58.1 Å². The van der Waals surface area contributed by atoms with Crippen LogP contribution in [0.5, 0.6) is 0 Å². The fraction of sp³-hybridized carbons (Fsp3) is 0.944. The highest BCUT2D eigenvalue weighted by atomic mass is 127. The number of hydrogen-bond donors (Lipinski definition) is 2. The van der Waals surface area contributed by atoms with E-state index in [1.807, 2.05) is 0 Å². The monoisotopic (exact) mass is 470 g/mol. The zero-order valence-electron chi connectivity index (χ0n) is 16.6. The number of halogens is 1. The van der Waals surface area contributed by atoms with Gasteiger partial charge in [0.1, 0.15) is 0 Å². The van der Waals surface area contributed by atoms with Gasteiger partial charge in [-0.3, -0.25) is 9.89 Å². The molecule has 1 rings (SSSR count). The lowest BCUT2D eigenvalue weighted by atomic mass is 10.1. The summed E-state index contributed by atoms with van der Waals surface area (Å²) in [5.41, 5.74) is 0. The van der Waals surface area contributed by atoms with Crippen LogP contribution in [0, 0.1) is 5.92 Å². The summed E-state index contributed by atoms with van der Waals surface area (Å²) in [4.78, 5) is 7.13. The van der Waals surface area contributed by atoms with Gasteiger partial charge in [-0.25, -0.2) is 0 Å². The van der Waals surface area contributed by atoms with Crippen LogP contribution in [0.1, 0.15) is 40.5 Å². The van der Waals surface area contributed by atoms with Gasteiger partial charge in [-0.1, -0.05) is 13.8 Å². The van der Waals surface area contributed by atoms with Crippen molar-refractivity contribution in [2.45, 2.75) is 46.6 Å². The molecule has 1 heterocycles. The molecule has 0 aromatic rings. The predicted molar refractivity (Wildman–Crippen MR) is 116 cm³/mol. The van der Waals surface area contributed by atoms with Gasteiger partial charge in [-0.05, 0) is 39.8 Å². The molecule has 6 nitrogen and oxygen atoms in total. The summed E-state index contributed by atoms with van der Waals surface area (Å²) in [6, 6.07) is 0.465. The van der Waals surface area contributed by atoms with Gasteiger partial charge in [0.25, 0.3) is 0 Å². The summed E-state index contributed by atoms with van der Waals surface area (Å²) < 4.78 is 11.1. The van der Waals surface area contributed by atoms with E-state index >= 15 is 0 Å². The van der Waals surface area contributed by atoms with E-state index in [0.717, 1.165) is 78.0 Å². The highest BCUT2D eigenvalue weighted by Crippen LogP contribution is 2.12. The Bertz CT molecular complexity index is 335. The van der Waals surface area contributed by atoms with Crippen LogP contribution in [-0.2, 0) is 9.47 Å². The molecule has 2 N–H and O–H groups in total. The highest BCUT2D eigenvalue weighted by molar-refractivity contribution is 14.0. The van der Waals surface area contributed by atoms with E-state index < -0.39 is 0 Å². The molecule has 2 unspecified atom stereocenters. The van der Waals surface area contributed by atoms with Crippen LogP contribution in [0.25, 0.3) is 0 Å². The van der Waals surface area contributed by atoms with E-state index in [-0.39, 0.29) is 24.0 Å². The zero-order valence-corrected chi connectivity index (χ0v) is 18.9. The average molecular weight is 470 g/mol. The summed E-state index contributed by atoms with van der Waals surface area (Å²) in [6.07, 6.45) is 2.13. The summed E-state index contributed by atoms with van der Waals surface area (Å²) in [5, 5.41) is 6.71. The predicted octanol–water partition coefficient (Wildman–Crippen LogP) is 2.33. The molecule has 0 spiro atoms. The first-order valence-corrected chi connectivity index (χ1v) is 9.62. The molecule has 0 aliphatic carbocycles. The first kappa shape index (κ1) is 24.9. The maximum atomic E-state index is 5.73. The van der Waals surface area contributed by atoms with Gasteiger partial charge < -0.3 is 20.1 Å². The molecular weight excluding hydrogens is 431 g/mol. The normalized spacial score (nSPS) is 18.9. The summed E-state index contributed by atoms with van der Waals surface area (Å²) >= 11 is 0. The Morgan fingerprint density at radius 3 is 2.64 bits per heavy atom. The van der Waals surface area contributed by atoms with E-state index in [1.165, 1.54) is 0 Å². The highest BCUT2D eigenvalue weighted by Gasteiger charge is 2.15. The van der Waals surface area contributed by atoms with Crippen LogP contribution in [0.15, 0.2) is 4.99 Å². The number of ether oxygens (including phenoxy) is 2. The van der Waals surface area contributed by atoms with E-state index in [1.54, 1.807) is 0 Å². The first-order valence-electron chi connectivity index (χ1n) is 9.62. The maximum Gasteiger partial charge on any atom is 0.191 e. The third-order valence-electron chi connectivity index (χ3n) is 4.43. The second kappa shape index (κ2) is 16.1. The Balaban J connectivity index is 0.00000576. The van der Waals surface area contributed by atoms with Crippen molar-refractivity contribution in [3.63, 3.8) is 0 Å². The lowest BCUT2D eigenvalue weighted by molar-refractivity contribution is 0.0888. The van der Waals surface area contributed by atoms with E-state index in [9.17, 15) is 0 Å². The van der Waals surface area contributed by atoms with Crippen molar-refractivity contribution in [1.29, 1.82) is 0 Å². The lowest BCUT2D eigenvalue weighted by Gasteiger charge is -2.25. The van der Waals surface area contributed by atoms with Gasteiger partial charge in [0.2, 0.25) is 0 Å². The zero-order chi connectivity index (χ0) is 17.6. The van der Waals surface area contributed by atoms with Gasteiger partial charge in [0.15, 0.2) is 5.96 Å². The molecule has 0 radical (unpaired) electrons. The molecule has 2 atom stereocenters. The van der Waals surface area contributed by atoms with E-state index in [0.29, 0.717) is 12.0 Å². The maximum absolute atomic E-state index is 5.73. The van der Waals surface area contributed by atoms with Crippen molar-refractivity contribution in [3.05, 3.63) is 0 Å². The molecule has 1 aliphatic rings. The SMILES string of the molecule is CCNC(=NCC(C)N(CC)CC)NCCCOCC1CCOC1.I. The van der Waals surface area contributed by atoms with E-state index in [4.69, 9.17) is 14.5 Å². The lowest BCUT2D eigenvalue weighted by Crippen LogP contribution is -2.40. The third-order valence-corrected chi connectivity index (χ3v) is 4.43. The summed E-state index contributed by atoms with van der Waals surface area (Å²) in [5.74, 6) is 1.50. The van der Waals surface area contributed by atoms with Gasteiger partial charge in [0, 0.05) is 38.3 Å². The molecule has 0 aromatic carbocycles. The molecular formula is C18H39IN4O2. The number of nitrogens with one attached hydrogen (secondary N) is 2. The fourth-order valence-corrected chi connectivity index (χ4v) is 2.87. The Hall–Kier alpha value is -0.120. The summed E-state index contributed by atoms with van der Waals surface area (Å²) in [7, 11) is 0. The van der Waals surface area contributed by atoms with Crippen LogP contribution in [0.3, 0.4) is 0 Å². The van der Waals surface area contributed by atoms with Crippen molar-refractivity contribution >= 4 is 29.9 Å². The molecule has 0 amide bonds. The van der Waals surface area contributed by atoms with E-state index in [2.05, 4.69) is 43.2 Å². The number of rotatable bonds is 12. The minimum atomic E-state index is 0. The van der Waals surface area contributed by atoms with Gasteiger partial charge in [-0.15, -0.1) is 24.0 Å². The Labute approximate surface area is 171 Å². The minimum absolute atomic E-state index is 0. The van der Waals surface area contributed by atoms with Crippen LogP contribution in [-0.4, -0.2) is 76.1 Å². The number of aliphatic imine (C=N–C) groups is 1. The Kier molecular flexibility index (Phi) is 16.0. The van der Waals surface area contributed by atoms with Crippen molar-refractivity contribution in [2.75, 3.05) is 59.2 Å². The molecule has 25 heavy (non-hydrogen) atoms. The molecule has 0 saturated carbocycles. The molecule has 0 aromatic heterocycles. The molecule has 1 saturated heterocycles. The number of likely N-dealkylation sites (N-methyl/N-ethyl adjacent to an activating group) is 1. The largest absolute Gasteiger partial charge is 0.381 e. The second-order valence-electron chi connectivity index (χ2n) is 6.37. The smallest absolute Gasteiger partial charge is 0.191 e. The number of nitrogens with zero attached hydrogens (tertiary/aromatic N) is 2. The van der Waals surface area contributed by atoms with Crippen molar-refractivity contribution in [3.8, 4) is 0 Å². The van der Waals surface area contributed by atoms with Crippen LogP contribution >= 0.6 is 24.0 Å². The van der Waals surface area contributed by atoms with Gasteiger partial charge in [0.05, 0.1) is 19.8 Å². The minimum Gasteiger partial charge on any atom is -0.381 e. The molecule has 0 bridgehead atoms. The van der Waals surface area contributed by atoms with Crippen LogP contribution < -0.4 is 10.6 Å². The summed E-state index contributed by atoms with van der Waals surface area (Å²) in [6.45, 7) is 16.8. The van der Waals surface area contributed by atoms with Gasteiger partial charge in [-0.2, -0.15) is 0 Å².